The molecular weight excluding hydrogens is 386 g/mol. The Hall–Kier alpha value is -4.38. The van der Waals surface area contributed by atoms with Crippen LogP contribution in [0.5, 0.6) is 5.75 Å². The van der Waals surface area contributed by atoms with Gasteiger partial charge in [0.15, 0.2) is 0 Å². The average Bonchev–Trinajstić information content (AvgIpc) is 3.22. The van der Waals surface area contributed by atoms with E-state index in [0.29, 0.717) is 35.1 Å². The van der Waals surface area contributed by atoms with Crippen LogP contribution in [0.15, 0.2) is 70.7 Å². The van der Waals surface area contributed by atoms with Crippen LogP contribution in [-0.2, 0) is 4.79 Å². The van der Waals surface area contributed by atoms with Gasteiger partial charge in [0.1, 0.15) is 28.9 Å². The van der Waals surface area contributed by atoms with Crippen LogP contribution < -0.4 is 10.1 Å². The fourth-order valence-corrected chi connectivity index (χ4v) is 2.66. The van der Waals surface area contributed by atoms with Gasteiger partial charge in [-0.1, -0.05) is 12.1 Å². The molecule has 150 valence electrons. The number of carbonyl (C=O) groups excluding carboxylic acids is 1. The van der Waals surface area contributed by atoms with E-state index in [-0.39, 0.29) is 11.3 Å². The van der Waals surface area contributed by atoms with Gasteiger partial charge in [-0.2, -0.15) is 5.26 Å². The van der Waals surface area contributed by atoms with E-state index in [1.807, 2.05) is 13.0 Å². The van der Waals surface area contributed by atoms with Gasteiger partial charge in [-0.05, 0) is 43.3 Å². The molecule has 0 fully saturated rings. The number of anilines is 1. The van der Waals surface area contributed by atoms with Crippen molar-refractivity contribution in [3.8, 4) is 23.1 Å². The number of para-hydroxylation sites is 2. The lowest BCUT2D eigenvalue weighted by Crippen LogP contribution is -2.14. The smallest absolute Gasteiger partial charge is 0.269 e. The van der Waals surface area contributed by atoms with Crippen molar-refractivity contribution in [1.82, 2.24) is 0 Å². The predicted octanol–water partition coefficient (Wildman–Crippen LogP) is 4.80. The highest BCUT2D eigenvalue weighted by Crippen LogP contribution is 2.27. The van der Waals surface area contributed by atoms with Gasteiger partial charge in [-0.15, -0.1) is 0 Å². The third-order valence-corrected chi connectivity index (χ3v) is 4.08. The van der Waals surface area contributed by atoms with E-state index in [9.17, 15) is 20.2 Å². The lowest BCUT2D eigenvalue weighted by molar-refractivity contribution is -0.384. The molecule has 0 saturated carbocycles. The molecule has 0 saturated heterocycles. The number of nitriles is 1. The number of non-ortho nitro benzene ring substituents is 1. The minimum atomic E-state index is -0.599. The second-order valence-electron chi connectivity index (χ2n) is 6.06. The Morgan fingerprint density at radius 3 is 2.60 bits per heavy atom. The normalized spacial score (nSPS) is 10.9. The molecule has 1 aromatic heterocycles. The molecule has 1 heterocycles. The van der Waals surface area contributed by atoms with Gasteiger partial charge in [-0.25, -0.2) is 0 Å². The number of furan rings is 1. The second kappa shape index (κ2) is 9.21. The maximum atomic E-state index is 12.5. The highest BCUT2D eigenvalue weighted by molar-refractivity contribution is 6.10. The summed E-state index contributed by atoms with van der Waals surface area (Å²) < 4.78 is 11.1. The number of amides is 1. The first kappa shape index (κ1) is 20.4. The summed E-state index contributed by atoms with van der Waals surface area (Å²) in [5, 5.41) is 22.8. The number of rotatable bonds is 7. The average molecular weight is 403 g/mol. The van der Waals surface area contributed by atoms with Gasteiger partial charge < -0.3 is 14.5 Å². The monoisotopic (exact) mass is 403 g/mol. The Balaban J connectivity index is 1.79. The molecule has 0 spiro atoms. The predicted molar refractivity (Wildman–Crippen MR) is 111 cm³/mol. The Bertz CT molecular complexity index is 1140. The Kier molecular flexibility index (Phi) is 6.25. The molecule has 30 heavy (non-hydrogen) atoms. The number of nitro groups is 1. The topological polar surface area (TPSA) is 118 Å². The molecule has 0 atom stereocenters. The summed E-state index contributed by atoms with van der Waals surface area (Å²) in [7, 11) is 0. The first-order chi connectivity index (χ1) is 14.5. The minimum Gasteiger partial charge on any atom is -0.492 e. The molecule has 0 bridgehead atoms. The maximum Gasteiger partial charge on any atom is 0.269 e. The first-order valence-corrected chi connectivity index (χ1v) is 9.01. The summed E-state index contributed by atoms with van der Waals surface area (Å²) in [6, 6.07) is 17.9. The molecular formula is C22H17N3O5. The van der Waals surface area contributed by atoms with Crippen LogP contribution in [0.25, 0.3) is 17.4 Å². The van der Waals surface area contributed by atoms with Gasteiger partial charge in [-0.3, -0.25) is 14.9 Å². The van der Waals surface area contributed by atoms with Crippen molar-refractivity contribution in [2.24, 2.45) is 0 Å². The standard InChI is InChI=1S/C22H17N3O5/c1-2-29-21-6-4-3-5-19(21)24-22(26)16(14-23)13-18-11-12-20(30-18)15-7-9-17(10-8-15)25(27)28/h3-13H,2H2,1H3,(H,24,26)/b16-13+. The minimum absolute atomic E-state index is 0.0267. The van der Waals surface area contributed by atoms with Gasteiger partial charge >= 0.3 is 0 Å². The Morgan fingerprint density at radius 1 is 1.20 bits per heavy atom. The van der Waals surface area contributed by atoms with Crippen molar-refractivity contribution in [1.29, 1.82) is 5.26 Å². The van der Waals surface area contributed by atoms with Gasteiger partial charge in [0.25, 0.3) is 11.6 Å². The van der Waals surface area contributed by atoms with E-state index in [1.165, 1.54) is 18.2 Å². The summed E-state index contributed by atoms with van der Waals surface area (Å²) in [4.78, 5) is 22.8. The lowest BCUT2D eigenvalue weighted by atomic mass is 10.1. The van der Waals surface area contributed by atoms with Gasteiger partial charge in [0.05, 0.1) is 17.2 Å². The Morgan fingerprint density at radius 2 is 1.93 bits per heavy atom. The molecule has 0 aliphatic carbocycles. The van der Waals surface area contributed by atoms with Crippen LogP contribution in [0.1, 0.15) is 12.7 Å². The Labute approximate surface area is 172 Å². The van der Waals surface area contributed by atoms with Crippen LogP contribution in [0.3, 0.4) is 0 Å². The third-order valence-electron chi connectivity index (χ3n) is 4.08. The van der Waals surface area contributed by atoms with E-state index in [2.05, 4.69) is 5.32 Å². The summed E-state index contributed by atoms with van der Waals surface area (Å²) in [6.45, 7) is 2.27. The van der Waals surface area contributed by atoms with Crippen molar-refractivity contribution >= 4 is 23.4 Å². The van der Waals surface area contributed by atoms with Crippen LogP contribution >= 0.6 is 0 Å². The van der Waals surface area contributed by atoms with Crippen LogP contribution in [0.4, 0.5) is 11.4 Å². The molecule has 2 aromatic carbocycles. The second-order valence-corrected chi connectivity index (χ2v) is 6.06. The number of hydrogen-bond acceptors (Lipinski definition) is 6. The number of nitro benzene ring substituents is 1. The lowest BCUT2D eigenvalue weighted by Gasteiger charge is -2.10. The van der Waals surface area contributed by atoms with Gasteiger partial charge in [0.2, 0.25) is 0 Å². The van der Waals surface area contributed by atoms with Crippen molar-refractivity contribution in [2.75, 3.05) is 11.9 Å². The number of nitrogens with zero attached hydrogens (tertiary/aromatic N) is 2. The summed E-state index contributed by atoms with van der Waals surface area (Å²) in [5.41, 5.74) is 0.914. The summed E-state index contributed by atoms with van der Waals surface area (Å²) in [6.07, 6.45) is 1.33. The number of nitrogens with one attached hydrogen (secondary N) is 1. The fraction of sp³-hybridized carbons (Fsp3) is 0.0909. The highest BCUT2D eigenvalue weighted by Gasteiger charge is 2.14. The van der Waals surface area contributed by atoms with E-state index >= 15 is 0 Å². The zero-order valence-corrected chi connectivity index (χ0v) is 16.0. The fourth-order valence-electron chi connectivity index (χ4n) is 2.66. The molecule has 0 aliphatic heterocycles. The zero-order chi connectivity index (χ0) is 21.5. The van der Waals surface area contributed by atoms with Crippen molar-refractivity contribution in [3.63, 3.8) is 0 Å². The molecule has 0 radical (unpaired) electrons. The molecule has 3 aromatic rings. The molecule has 0 unspecified atom stereocenters. The quantitative estimate of drug-likeness (QED) is 0.262. The molecule has 8 nitrogen and oxygen atoms in total. The zero-order valence-electron chi connectivity index (χ0n) is 16.0. The van der Waals surface area contributed by atoms with Crippen molar-refractivity contribution in [2.45, 2.75) is 6.92 Å². The van der Waals surface area contributed by atoms with E-state index in [4.69, 9.17) is 9.15 Å². The van der Waals surface area contributed by atoms with Crippen LogP contribution in [0.2, 0.25) is 0 Å². The third kappa shape index (κ3) is 4.72. The van der Waals surface area contributed by atoms with E-state index in [1.54, 1.807) is 48.5 Å². The first-order valence-electron chi connectivity index (χ1n) is 9.01. The molecule has 0 aliphatic rings. The van der Waals surface area contributed by atoms with Crippen molar-refractivity contribution < 1.29 is 18.9 Å². The van der Waals surface area contributed by atoms with Crippen LogP contribution in [-0.4, -0.2) is 17.4 Å². The molecule has 1 N–H and O–H groups in total. The largest absolute Gasteiger partial charge is 0.492 e. The van der Waals surface area contributed by atoms with E-state index < -0.39 is 10.8 Å². The number of ether oxygens (including phenoxy) is 1. The van der Waals surface area contributed by atoms with E-state index in [0.717, 1.165) is 0 Å². The number of benzene rings is 2. The highest BCUT2D eigenvalue weighted by atomic mass is 16.6. The summed E-state index contributed by atoms with van der Waals surface area (Å²) >= 11 is 0. The van der Waals surface area contributed by atoms with Gasteiger partial charge in [0, 0.05) is 23.8 Å². The number of hydrogen-bond donors (Lipinski definition) is 1. The summed E-state index contributed by atoms with van der Waals surface area (Å²) in [5.74, 6) is 0.658. The van der Waals surface area contributed by atoms with Crippen molar-refractivity contribution in [3.05, 3.63) is 82.1 Å². The SMILES string of the molecule is CCOc1ccccc1NC(=O)/C(C#N)=C/c1ccc(-c2ccc([N+](=O)[O-])cc2)o1. The molecule has 1 amide bonds. The maximum absolute atomic E-state index is 12.5. The molecule has 3 rings (SSSR count). The number of carbonyl (C=O) groups is 1. The van der Waals surface area contributed by atoms with Crippen LogP contribution in [0, 0.1) is 21.4 Å². The molecule has 8 heteroatoms.